The minimum Gasteiger partial charge on any atom is -0.424 e. The molecule has 0 aliphatic rings. The van der Waals surface area contributed by atoms with Crippen LogP contribution in [0.4, 0.5) is 0 Å². The Kier molecular flexibility index (Phi) is 4.73. The van der Waals surface area contributed by atoms with E-state index >= 15 is 0 Å². The molecule has 0 heterocycles. The van der Waals surface area contributed by atoms with E-state index in [0.717, 1.165) is 21.5 Å². The van der Waals surface area contributed by atoms with E-state index < -0.39 is 11.6 Å². The van der Waals surface area contributed by atoms with Crippen molar-refractivity contribution in [3.63, 3.8) is 0 Å². The van der Waals surface area contributed by atoms with Crippen LogP contribution in [0.25, 0.3) is 21.5 Å². The average molecular weight is 404 g/mol. The summed E-state index contributed by atoms with van der Waals surface area (Å²) in [6, 6.07) is 35.6. The van der Waals surface area contributed by atoms with Gasteiger partial charge in [0.25, 0.3) is 0 Å². The highest BCUT2D eigenvalue weighted by molar-refractivity contribution is 5.91. The average Bonchev–Trinajstić information content (AvgIpc) is 2.83. The molecule has 0 amide bonds. The molecule has 0 unspecified atom stereocenters. The second-order valence-electron chi connectivity index (χ2n) is 7.54. The molecule has 5 aromatic carbocycles. The molecule has 0 bridgehead atoms. The van der Waals surface area contributed by atoms with Crippen LogP contribution < -0.4 is 4.74 Å². The summed E-state index contributed by atoms with van der Waals surface area (Å²) >= 11 is 0. The number of hydrogen-bond donors (Lipinski definition) is 1. The van der Waals surface area contributed by atoms with Crippen LogP contribution >= 0.6 is 0 Å². The zero-order chi connectivity index (χ0) is 21.3. The molecule has 5 rings (SSSR count). The van der Waals surface area contributed by atoms with E-state index in [4.69, 9.17) is 4.74 Å². The summed E-state index contributed by atoms with van der Waals surface area (Å²) in [5, 5.41) is 15.8. The molecule has 3 nitrogen and oxygen atoms in total. The number of aliphatic hydroxyl groups is 1. The zero-order valence-corrected chi connectivity index (χ0v) is 16.7. The third kappa shape index (κ3) is 3.45. The van der Waals surface area contributed by atoms with Crippen LogP contribution in [0.2, 0.25) is 0 Å². The summed E-state index contributed by atoms with van der Waals surface area (Å²) in [6.07, 6.45) is 0. The highest BCUT2D eigenvalue weighted by Crippen LogP contribution is 2.34. The Morgan fingerprint density at radius 3 is 1.81 bits per heavy atom. The lowest BCUT2D eigenvalue weighted by Crippen LogP contribution is -2.40. The van der Waals surface area contributed by atoms with E-state index in [1.807, 2.05) is 72.8 Å². The largest absolute Gasteiger partial charge is 0.424 e. The lowest BCUT2D eigenvalue weighted by atomic mass is 9.85. The third-order valence-corrected chi connectivity index (χ3v) is 5.59. The van der Waals surface area contributed by atoms with Gasteiger partial charge in [0.2, 0.25) is 5.60 Å². The molecular weight excluding hydrogens is 384 g/mol. The molecule has 0 saturated carbocycles. The minimum absolute atomic E-state index is 0.388. The van der Waals surface area contributed by atoms with Crippen LogP contribution in [0.1, 0.15) is 11.1 Å². The standard InChI is InChI=1S/C28H20O3/c29-27(31-26-17-15-21-9-5-7-11-23(21)19-26)28(30,24-12-2-1-3-13-24)25-16-14-20-8-4-6-10-22(20)18-25/h1-19,30H/t28-/m0/s1. The van der Waals surface area contributed by atoms with Crippen LogP contribution in [-0.2, 0) is 10.4 Å². The van der Waals surface area contributed by atoms with Crippen LogP contribution in [0, 0.1) is 0 Å². The van der Waals surface area contributed by atoms with Gasteiger partial charge in [-0.15, -0.1) is 0 Å². The van der Waals surface area contributed by atoms with Gasteiger partial charge in [-0.05, 0) is 45.3 Å². The molecule has 3 heteroatoms. The molecule has 0 aromatic heterocycles. The lowest BCUT2D eigenvalue weighted by Gasteiger charge is -2.27. The van der Waals surface area contributed by atoms with E-state index in [2.05, 4.69) is 0 Å². The van der Waals surface area contributed by atoms with Gasteiger partial charge in [0.05, 0.1) is 0 Å². The highest BCUT2D eigenvalue weighted by atomic mass is 16.6. The first kappa shape index (κ1) is 19.0. The van der Waals surface area contributed by atoms with Gasteiger partial charge in [-0.2, -0.15) is 0 Å². The number of esters is 1. The first-order valence-electron chi connectivity index (χ1n) is 10.1. The van der Waals surface area contributed by atoms with E-state index in [-0.39, 0.29) is 0 Å². The van der Waals surface area contributed by atoms with Gasteiger partial charge < -0.3 is 9.84 Å². The van der Waals surface area contributed by atoms with E-state index in [9.17, 15) is 9.90 Å². The maximum atomic E-state index is 13.4. The van der Waals surface area contributed by atoms with Crippen LogP contribution in [0.5, 0.6) is 5.75 Å². The monoisotopic (exact) mass is 404 g/mol. The predicted molar refractivity (Wildman–Crippen MR) is 123 cm³/mol. The molecule has 1 N–H and O–H groups in total. The molecule has 5 aromatic rings. The SMILES string of the molecule is O=C(Oc1ccc2ccccc2c1)[C@](O)(c1ccccc1)c1ccc2ccccc2c1. The molecule has 0 aliphatic carbocycles. The lowest BCUT2D eigenvalue weighted by molar-refractivity contribution is -0.152. The van der Waals surface area contributed by atoms with Gasteiger partial charge in [-0.25, -0.2) is 4.79 Å². The number of carbonyl (C=O) groups excluding carboxylic acids is 1. The van der Waals surface area contributed by atoms with Gasteiger partial charge in [-0.1, -0.05) is 97.1 Å². The van der Waals surface area contributed by atoms with E-state index in [1.54, 1.807) is 42.5 Å². The van der Waals surface area contributed by atoms with Crippen molar-refractivity contribution in [3.05, 3.63) is 126 Å². The van der Waals surface area contributed by atoms with Crippen molar-refractivity contribution >= 4 is 27.5 Å². The summed E-state index contributed by atoms with van der Waals surface area (Å²) in [7, 11) is 0. The summed E-state index contributed by atoms with van der Waals surface area (Å²) < 4.78 is 5.72. The second kappa shape index (κ2) is 7.71. The summed E-state index contributed by atoms with van der Waals surface area (Å²) in [5.41, 5.74) is -1.03. The smallest absolute Gasteiger partial charge is 0.353 e. The zero-order valence-electron chi connectivity index (χ0n) is 16.7. The Balaban J connectivity index is 1.60. The quantitative estimate of drug-likeness (QED) is 0.303. The van der Waals surface area contributed by atoms with Crippen LogP contribution in [0.3, 0.4) is 0 Å². The number of fused-ring (bicyclic) bond motifs is 2. The minimum atomic E-state index is -1.95. The Hall–Kier alpha value is -3.95. The molecule has 0 aliphatic heterocycles. The van der Waals surface area contributed by atoms with Crippen LogP contribution in [0.15, 0.2) is 115 Å². The van der Waals surface area contributed by atoms with Gasteiger partial charge in [0.15, 0.2) is 0 Å². The summed E-state index contributed by atoms with van der Waals surface area (Å²) in [6.45, 7) is 0. The van der Waals surface area contributed by atoms with Crippen molar-refractivity contribution in [1.82, 2.24) is 0 Å². The van der Waals surface area contributed by atoms with Crippen molar-refractivity contribution in [2.45, 2.75) is 5.60 Å². The fourth-order valence-electron chi connectivity index (χ4n) is 3.91. The van der Waals surface area contributed by atoms with Crippen molar-refractivity contribution in [3.8, 4) is 5.75 Å². The molecule has 0 saturated heterocycles. The van der Waals surface area contributed by atoms with Gasteiger partial charge in [0, 0.05) is 5.56 Å². The maximum absolute atomic E-state index is 13.4. The maximum Gasteiger partial charge on any atom is 0.353 e. The predicted octanol–water partition coefficient (Wildman–Crippen LogP) is 5.83. The normalized spacial score (nSPS) is 13.1. The molecule has 150 valence electrons. The molecule has 31 heavy (non-hydrogen) atoms. The van der Waals surface area contributed by atoms with Gasteiger partial charge in [0.1, 0.15) is 5.75 Å². The third-order valence-electron chi connectivity index (χ3n) is 5.59. The number of benzene rings is 5. The topological polar surface area (TPSA) is 46.5 Å². The Labute approximate surface area is 180 Å². The fraction of sp³-hybridized carbons (Fsp3) is 0.0357. The van der Waals surface area contributed by atoms with Crippen molar-refractivity contribution < 1.29 is 14.6 Å². The van der Waals surface area contributed by atoms with Crippen molar-refractivity contribution in [2.75, 3.05) is 0 Å². The second-order valence-corrected chi connectivity index (χ2v) is 7.54. The number of ether oxygens (including phenoxy) is 1. The molecular formula is C28H20O3. The number of carbonyl (C=O) groups is 1. The van der Waals surface area contributed by atoms with Crippen LogP contribution in [-0.4, -0.2) is 11.1 Å². The van der Waals surface area contributed by atoms with Gasteiger partial charge >= 0.3 is 5.97 Å². The molecule has 0 spiro atoms. The number of rotatable bonds is 4. The van der Waals surface area contributed by atoms with Crippen molar-refractivity contribution in [2.24, 2.45) is 0 Å². The summed E-state index contributed by atoms with van der Waals surface area (Å²) in [4.78, 5) is 13.4. The Morgan fingerprint density at radius 1 is 0.581 bits per heavy atom. The summed E-state index contributed by atoms with van der Waals surface area (Å²) in [5.74, 6) is -0.358. The van der Waals surface area contributed by atoms with Crippen molar-refractivity contribution in [1.29, 1.82) is 0 Å². The van der Waals surface area contributed by atoms with E-state index in [1.165, 1.54) is 0 Å². The fourth-order valence-corrected chi connectivity index (χ4v) is 3.91. The van der Waals surface area contributed by atoms with E-state index in [0.29, 0.717) is 16.9 Å². The number of hydrogen-bond acceptors (Lipinski definition) is 3. The molecule has 1 atom stereocenters. The van der Waals surface area contributed by atoms with Gasteiger partial charge in [-0.3, -0.25) is 0 Å². The Morgan fingerprint density at radius 2 is 1.13 bits per heavy atom. The first-order valence-corrected chi connectivity index (χ1v) is 10.1. The Bertz CT molecular complexity index is 1390. The molecule has 0 fully saturated rings. The molecule has 0 radical (unpaired) electrons. The first-order chi connectivity index (χ1) is 15.1. The highest BCUT2D eigenvalue weighted by Gasteiger charge is 2.42.